The number of pyridine rings is 2. The van der Waals surface area contributed by atoms with Crippen LogP contribution < -0.4 is 0 Å². The van der Waals surface area contributed by atoms with Crippen LogP contribution in [0.4, 0.5) is 4.39 Å². The molecule has 4 aromatic rings. The van der Waals surface area contributed by atoms with Crippen molar-refractivity contribution in [3.63, 3.8) is 0 Å². The summed E-state index contributed by atoms with van der Waals surface area (Å²) < 4.78 is 26.5. The number of benzene rings is 1. The maximum Gasteiger partial charge on any atom is 0.123 e. The van der Waals surface area contributed by atoms with Gasteiger partial charge in [-0.3, -0.25) is 9.97 Å². The van der Waals surface area contributed by atoms with Gasteiger partial charge in [-0.1, -0.05) is 12.1 Å². The molecule has 1 aromatic carbocycles. The van der Waals surface area contributed by atoms with Gasteiger partial charge in [0.05, 0.1) is 29.9 Å². The Hall–Kier alpha value is -3.09. The van der Waals surface area contributed by atoms with Crippen LogP contribution in [-0.2, 0) is 16.2 Å². The lowest BCUT2D eigenvalue weighted by Crippen LogP contribution is -2.08. The maximum absolute atomic E-state index is 13.5. The van der Waals surface area contributed by atoms with Crippen LogP contribution >= 0.6 is 0 Å². The second kappa shape index (κ2) is 8.29. The van der Waals surface area contributed by atoms with Crippen LogP contribution in [-0.4, -0.2) is 34.9 Å². The van der Waals surface area contributed by atoms with Gasteiger partial charge in [-0.15, -0.1) is 0 Å². The topological polar surface area (TPSA) is 49.2 Å². The van der Waals surface area contributed by atoms with Gasteiger partial charge in [0, 0.05) is 36.8 Å². The highest BCUT2D eigenvalue weighted by Crippen LogP contribution is 2.39. The third-order valence-electron chi connectivity index (χ3n) is 4.56. The van der Waals surface area contributed by atoms with Crippen molar-refractivity contribution in [2.75, 3.05) is 20.3 Å². The minimum absolute atomic E-state index is 0.270. The van der Waals surface area contributed by atoms with E-state index in [1.165, 1.54) is 12.1 Å². The highest BCUT2D eigenvalue weighted by Gasteiger charge is 2.21. The van der Waals surface area contributed by atoms with Gasteiger partial charge in [-0.2, -0.15) is 0 Å². The molecule has 28 heavy (non-hydrogen) atoms. The zero-order valence-electron chi connectivity index (χ0n) is 15.5. The minimum atomic E-state index is -0.270. The molecule has 0 N–H and O–H groups in total. The Morgan fingerprint density at radius 1 is 0.929 bits per heavy atom. The van der Waals surface area contributed by atoms with Gasteiger partial charge < -0.3 is 14.0 Å². The van der Waals surface area contributed by atoms with Crippen molar-refractivity contribution in [3.05, 3.63) is 72.9 Å². The van der Waals surface area contributed by atoms with E-state index in [9.17, 15) is 4.39 Å². The van der Waals surface area contributed by atoms with E-state index in [2.05, 4.69) is 14.5 Å². The van der Waals surface area contributed by atoms with Gasteiger partial charge in [0.2, 0.25) is 0 Å². The molecular weight excluding hydrogens is 357 g/mol. The number of nitrogens with zero attached hydrogens (tertiary/aromatic N) is 3. The fourth-order valence-electron chi connectivity index (χ4n) is 3.31. The van der Waals surface area contributed by atoms with Crippen molar-refractivity contribution >= 4 is 11.0 Å². The molecule has 0 amide bonds. The molecule has 4 rings (SSSR count). The fourth-order valence-corrected chi connectivity index (χ4v) is 3.31. The number of hydrogen-bond donors (Lipinski definition) is 0. The summed E-state index contributed by atoms with van der Waals surface area (Å²) >= 11 is 0. The average Bonchev–Trinajstić information content (AvgIpc) is 3.07. The SMILES string of the molecule is COCCOCn1c(-c2ccncc2)c(-c2ccc(F)cc2)c2ncccc21. The molecule has 0 aliphatic heterocycles. The number of fused-ring (bicyclic) bond motifs is 1. The number of hydrogen-bond acceptors (Lipinski definition) is 4. The van der Waals surface area contributed by atoms with Gasteiger partial charge in [0.1, 0.15) is 12.5 Å². The first kappa shape index (κ1) is 18.3. The van der Waals surface area contributed by atoms with Crippen LogP contribution in [0.25, 0.3) is 33.4 Å². The molecule has 142 valence electrons. The molecule has 0 saturated heterocycles. The predicted octanol–water partition coefficient (Wildman–Crippen LogP) is 4.52. The summed E-state index contributed by atoms with van der Waals surface area (Å²) in [4.78, 5) is 8.75. The van der Waals surface area contributed by atoms with Crippen molar-refractivity contribution in [2.24, 2.45) is 0 Å². The van der Waals surface area contributed by atoms with Crippen molar-refractivity contribution < 1.29 is 13.9 Å². The average molecular weight is 377 g/mol. The lowest BCUT2D eigenvalue weighted by atomic mass is 10.0. The summed E-state index contributed by atoms with van der Waals surface area (Å²) in [5, 5.41) is 0. The largest absolute Gasteiger partial charge is 0.382 e. The monoisotopic (exact) mass is 377 g/mol. The molecule has 3 heterocycles. The molecule has 0 aliphatic rings. The molecular formula is C22H20FN3O2. The number of ether oxygens (including phenoxy) is 2. The molecule has 0 aliphatic carbocycles. The Balaban J connectivity index is 1.94. The smallest absolute Gasteiger partial charge is 0.123 e. The Morgan fingerprint density at radius 2 is 1.71 bits per heavy atom. The van der Waals surface area contributed by atoms with Gasteiger partial charge in [-0.25, -0.2) is 4.39 Å². The maximum atomic E-state index is 13.5. The predicted molar refractivity (Wildman–Crippen MR) is 106 cm³/mol. The molecule has 0 radical (unpaired) electrons. The Bertz CT molecular complexity index is 1060. The normalized spacial score (nSPS) is 11.2. The molecule has 3 aromatic heterocycles. The van der Waals surface area contributed by atoms with E-state index in [0.29, 0.717) is 19.9 Å². The third kappa shape index (κ3) is 3.52. The van der Waals surface area contributed by atoms with Crippen molar-refractivity contribution in [1.82, 2.24) is 14.5 Å². The van der Waals surface area contributed by atoms with E-state index < -0.39 is 0 Å². The number of halogens is 1. The highest BCUT2D eigenvalue weighted by molar-refractivity contribution is 6.02. The molecule has 0 saturated carbocycles. The van der Waals surface area contributed by atoms with Crippen LogP contribution in [0.15, 0.2) is 67.1 Å². The van der Waals surface area contributed by atoms with Crippen LogP contribution in [0.3, 0.4) is 0 Å². The molecule has 5 nitrogen and oxygen atoms in total. The van der Waals surface area contributed by atoms with Crippen LogP contribution in [0.2, 0.25) is 0 Å². The van der Waals surface area contributed by atoms with Gasteiger partial charge >= 0.3 is 0 Å². The molecule has 6 heteroatoms. The van der Waals surface area contributed by atoms with Gasteiger partial charge in [0.15, 0.2) is 0 Å². The number of rotatable bonds is 7. The summed E-state index contributed by atoms with van der Waals surface area (Å²) in [6, 6.07) is 14.3. The van der Waals surface area contributed by atoms with E-state index in [4.69, 9.17) is 9.47 Å². The van der Waals surface area contributed by atoms with Crippen LogP contribution in [0, 0.1) is 5.82 Å². The zero-order chi connectivity index (χ0) is 19.3. The summed E-state index contributed by atoms with van der Waals surface area (Å²) in [5.74, 6) is -0.270. The second-order valence-corrected chi connectivity index (χ2v) is 6.30. The van der Waals surface area contributed by atoms with E-state index in [0.717, 1.165) is 33.4 Å². The summed E-state index contributed by atoms with van der Waals surface area (Å²) in [5.41, 5.74) is 5.58. The fraction of sp³-hybridized carbons (Fsp3) is 0.182. The zero-order valence-corrected chi connectivity index (χ0v) is 15.5. The first-order chi connectivity index (χ1) is 13.8. The summed E-state index contributed by atoms with van der Waals surface area (Å²) in [7, 11) is 1.65. The number of methoxy groups -OCH3 is 1. The third-order valence-corrected chi connectivity index (χ3v) is 4.56. The number of aromatic nitrogens is 3. The van der Waals surface area contributed by atoms with Gasteiger partial charge in [0.25, 0.3) is 0 Å². The van der Waals surface area contributed by atoms with Crippen LogP contribution in [0.5, 0.6) is 0 Å². The lowest BCUT2D eigenvalue weighted by molar-refractivity contribution is 0.0367. The molecule has 0 spiro atoms. The second-order valence-electron chi connectivity index (χ2n) is 6.30. The van der Waals surface area contributed by atoms with Crippen molar-refractivity contribution in [1.29, 1.82) is 0 Å². The van der Waals surface area contributed by atoms with Gasteiger partial charge in [-0.05, 0) is 42.0 Å². The minimum Gasteiger partial charge on any atom is -0.382 e. The quantitative estimate of drug-likeness (QED) is 0.444. The Morgan fingerprint density at radius 3 is 2.46 bits per heavy atom. The van der Waals surface area contributed by atoms with E-state index in [1.807, 2.05) is 24.3 Å². The molecule has 0 fully saturated rings. The summed E-state index contributed by atoms with van der Waals surface area (Å²) in [6.07, 6.45) is 5.28. The molecule has 0 bridgehead atoms. The van der Waals surface area contributed by atoms with E-state index in [1.54, 1.807) is 37.8 Å². The van der Waals surface area contributed by atoms with Crippen molar-refractivity contribution in [3.8, 4) is 22.4 Å². The van der Waals surface area contributed by atoms with Crippen molar-refractivity contribution in [2.45, 2.75) is 6.73 Å². The van der Waals surface area contributed by atoms with E-state index in [-0.39, 0.29) is 5.82 Å². The Kier molecular flexibility index (Phi) is 5.41. The summed E-state index contributed by atoms with van der Waals surface area (Å²) in [6.45, 7) is 1.36. The van der Waals surface area contributed by atoms with Crippen LogP contribution in [0.1, 0.15) is 0 Å². The highest BCUT2D eigenvalue weighted by atomic mass is 19.1. The molecule has 0 unspecified atom stereocenters. The standard InChI is InChI=1S/C22H20FN3O2/c1-27-13-14-28-15-26-19-3-2-10-25-21(19)20(16-4-6-18(23)7-5-16)22(26)17-8-11-24-12-9-17/h2-12H,13-15H2,1H3. The molecule has 0 atom stereocenters. The first-order valence-corrected chi connectivity index (χ1v) is 9.00. The Labute approximate surface area is 162 Å². The van der Waals surface area contributed by atoms with E-state index >= 15 is 0 Å². The first-order valence-electron chi connectivity index (χ1n) is 9.00. The lowest BCUT2D eigenvalue weighted by Gasteiger charge is -2.13.